The van der Waals surface area contributed by atoms with Crippen molar-refractivity contribution in [3.8, 4) is 0 Å². The second-order valence-electron chi connectivity index (χ2n) is 5.41. The lowest BCUT2D eigenvalue weighted by Gasteiger charge is -2.16. The van der Waals surface area contributed by atoms with Gasteiger partial charge in [-0.15, -0.1) is 23.5 Å². The first-order valence-corrected chi connectivity index (χ1v) is 9.84. The lowest BCUT2D eigenvalue weighted by molar-refractivity contribution is -0.115. The molecule has 1 amide bonds. The molecule has 25 heavy (non-hydrogen) atoms. The van der Waals surface area contributed by atoms with E-state index in [2.05, 4.69) is 29.6 Å². The lowest BCUT2D eigenvalue weighted by atomic mass is 10.3. The Labute approximate surface area is 157 Å². The zero-order valence-electron chi connectivity index (χ0n) is 13.7. The molecule has 1 N–H and O–H groups in total. The molecule has 0 aliphatic heterocycles. The van der Waals surface area contributed by atoms with Crippen LogP contribution in [0.4, 0.5) is 5.69 Å². The number of carbonyl (C=O) groups excluding carboxylic acids is 1. The maximum absolute atomic E-state index is 12.5. The van der Waals surface area contributed by atoms with Crippen molar-refractivity contribution in [2.24, 2.45) is 0 Å². The standard InChI is InChI=1S/C21H19NOS2/c23-20(22-17-10-4-1-5-11-17)16-21(24-18-12-6-2-7-13-18)25-19-14-8-3-9-15-19/h1-15,21H,16H2,(H,22,23). The number of nitrogens with one attached hydrogen (secondary N) is 1. The molecular weight excluding hydrogens is 346 g/mol. The second kappa shape index (κ2) is 9.35. The van der Waals surface area contributed by atoms with Crippen LogP contribution in [0.25, 0.3) is 0 Å². The van der Waals surface area contributed by atoms with Gasteiger partial charge in [-0.3, -0.25) is 4.79 Å². The Kier molecular flexibility index (Phi) is 6.60. The van der Waals surface area contributed by atoms with Crippen molar-refractivity contribution in [2.45, 2.75) is 20.8 Å². The minimum atomic E-state index is 0.0306. The van der Waals surface area contributed by atoms with E-state index in [9.17, 15) is 4.79 Å². The van der Waals surface area contributed by atoms with Crippen LogP contribution >= 0.6 is 23.5 Å². The lowest BCUT2D eigenvalue weighted by Crippen LogP contribution is -2.16. The smallest absolute Gasteiger partial charge is 0.226 e. The summed E-state index contributed by atoms with van der Waals surface area (Å²) in [5, 5.41) is 2.98. The van der Waals surface area contributed by atoms with Crippen molar-refractivity contribution in [1.82, 2.24) is 0 Å². The third-order valence-electron chi connectivity index (χ3n) is 3.43. The molecule has 0 aliphatic rings. The zero-order valence-corrected chi connectivity index (χ0v) is 15.3. The van der Waals surface area contributed by atoms with Crippen LogP contribution in [0.2, 0.25) is 0 Å². The van der Waals surface area contributed by atoms with Crippen molar-refractivity contribution < 1.29 is 4.79 Å². The first-order chi connectivity index (χ1) is 12.3. The average Bonchev–Trinajstić information content (AvgIpc) is 2.64. The van der Waals surface area contributed by atoms with Crippen LogP contribution in [0, 0.1) is 0 Å². The molecule has 3 rings (SSSR count). The van der Waals surface area contributed by atoms with E-state index in [1.807, 2.05) is 66.7 Å². The SMILES string of the molecule is O=C(CC(Sc1ccccc1)Sc1ccccc1)Nc1ccccc1. The predicted molar refractivity (Wildman–Crippen MR) is 108 cm³/mol. The summed E-state index contributed by atoms with van der Waals surface area (Å²) in [4.78, 5) is 14.8. The number of hydrogen-bond acceptors (Lipinski definition) is 3. The molecule has 3 aromatic rings. The number of hydrogen-bond donors (Lipinski definition) is 1. The quantitative estimate of drug-likeness (QED) is 0.416. The molecule has 0 spiro atoms. The molecule has 0 fully saturated rings. The molecule has 0 saturated carbocycles. The highest BCUT2D eigenvalue weighted by Crippen LogP contribution is 2.37. The molecular formula is C21H19NOS2. The van der Waals surface area contributed by atoms with E-state index in [0.717, 1.165) is 5.69 Å². The van der Waals surface area contributed by atoms with Crippen LogP contribution in [0.15, 0.2) is 101 Å². The van der Waals surface area contributed by atoms with Crippen LogP contribution in [0.1, 0.15) is 6.42 Å². The van der Waals surface area contributed by atoms with Crippen molar-refractivity contribution in [2.75, 3.05) is 5.32 Å². The van der Waals surface area contributed by atoms with E-state index in [-0.39, 0.29) is 10.5 Å². The zero-order chi connectivity index (χ0) is 17.3. The van der Waals surface area contributed by atoms with Crippen LogP contribution in [-0.2, 0) is 4.79 Å². The van der Waals surface area contributed by atoms with Crippen LogP contribution < -0.4 is 5.32 Å². The van der Waals surface area contributed by atoms with Crippen molar-refractivity contribution >= 4 is 35.1 Å². The summed E-state index contributed by atoms with van der Waals surface area (Å²) in [6.07, 6.45) is 0.439. The topological polar surface area (TPSA) is 29.1 Å². The first-order valence-electron chi connectivity index (χ1n) is 8.08. The fraction of sp³-hybridized carbons (Fsp3) is 0.0952. The van der Waals surface area contributed by atoms with Gasteiger partial charge < -0.3 is 5.32 Å². The third-order valence-corrected chi connectivity index (χ3v) is 5.96. The molecule has 2 nitrogen and oxygen atoms in total. The van der Waals surface area contributed by atoms with Crippen molar-refractivity contribution in [1.29, 1.82) is 0 Å². The van der Waals surface area contributed by atoms with Gasteiger partial charge in [0.2, 0.25) is 5.91 Å². The van der Waals surface area contributed by atoms with Gasteiger partial charge in [-0.25, -0.2) is 0 Å². The molecule has 0 atom stereocenters. The number of thioether (sulfide) groups is 2. The monoisotopic (exact) mass is 365 g/mol. The van der Waals surface area contributed by atoms with Gasteiger partial charge in [0.1, 0.15) is 0 Å². The molecule has 0 unspecified atom stereocenters. The summed E-state index contributed by atoms with van der Waals surface area (Å²) in [6, 6.07) is 30.0. The molecule has 3 aromatic carbocycles. The van der Waals surface area contributed by atoms with E-state index in [1.165, 1.54) is 9.79 Å². The van der Waals surface area contributed by atoms with Gasteiger partial charge in [0.15, 0.2) is 0 Å². The number of benzene rings is 3. The summed E-state index contributed by atoms with van der Waals surface area (Å²) in [5.74, 6) is 0.0306. The third kappa shape index (κ3) is 6.00. The fourth-order valence-electron chi connectivity index (χ4n) is 2.29. The number of para-hydroxylation sites is 1. The van der Waals surface area contributed by atoms with Gasteiger partial charge in [0.05, 0.1) is 4.58 Å². The van der Waals surface area contributed by atoms with Crippen molar-refractivity contribution in [3.05, 3.63) is 91.0 Å². The number of rotatable bonds is 7. The van der Waals surface area contributed by atoms with Gasteiger partial charge in [0, 0.05) is 21.9 Å². The molecule has 4 heteroatoms. The van der Waals surface area contributed by atoms with Crippen molar-refractivity contribution in [3.63, 3.8) is 0 Å². The Morgan fingerprint density at radius 3 is 1.64 bits per heavy atom. The molecule has 0 heterocycles. The highest BCUT2D eigenvalue weighted by molar-refractivity contribution is 8.17. The fourth-order valence-corrected chi connectivity index (χ4v) is 4.86. The minimum absolute atomic E-state index is 0.0306. The van der Waals surface area contributed by atoms with E-state index in [1.54, 1.807) is 23.5 Å². The van der Waals surface area contributed by atoms with Gasteiger partial charge in [-0.2, -0.15) is 0 Å². The maximum atomic E-state index is 12.5. The van der Waals surface area contributed by atoms with E-state index >= 15 is 0 Å². The number of amides is 1. The van der Waals surface area contributed by atoms with Gasteiger partial charge in [-0.05, 0) is 36.4 Å². The summed E-state index contributed by atoms with van der Waals surface area (Å²) < 4.78 is 0.105. The first kappa shape index (κ1) is 17.6. The predicted octanol–water partition coefficient (Wildman–Crippen LogP) is 5.93. The molecule has 0 saturated heterocycles. The Morgan fingerprint density at radius 2 is 1.16 bits per heavy atom. The molecule has 0 aliphatic carbocycles. The largest absolute Gasteiger partial charge is 0.326 e. The van der Waals surface area contributed by atoms with Gasteiger partial charge in [0.25, 0.3) is 0 Å². The summed E-state index contributed by atoms with van der Waals surface area (Å²) in [5.41, 5.74) is 0.834. The van der Waals surface area contributed by atoms with Crippen LogP contribution in [-0.4, -0.2) is 10.5 Å². The maximum Gasteiger partial charge on any atom is 0.226 e. The van der Waals surface area contributed by atoms with Crippen LogP contribution in [0.3, 0.4) is 0 Å². The van der Waals surface area contributed by atoms with Gasteiger partial charge >= 0.3 is 0 Å². The van der Waals surface area contributed by atoms with E-state index in [0.29, 0.717) is 6.42 Å². The van der Waals surface area contributed by atoms with E-state index < -0.39 is 0 Å². The summed E-state index contributed by atoms with van der Waals surface area (Å²) >= 11 is 3.45. The molecule has 126 valence electrons. The Bertz CT molecular complexity index is 737. The Balaban J connectivity index is 1.68. The molecule has 0 aromatic heterocycles. The van der Waals surface area contributed by atoms with Crippen LogP contribution in [0.5, 0.6) is 0 Å². The molecule has 0 bridgehead atoms. The van der Waals surface area contributed by atoms with Gasteiger partial charge in [-0.1, -0.05) is 54.6 Å². The number of anilines is 1. The number of carbonyl (C=O) groups is 1. The highest BCUT2D eigenvalue weighted by atomic mass is 32.2. The summed E-state index contributed by atoms with van der Waals surface area (Å²) in [7, 11) is 0. The normalized spacial score (nSPS) is 10.6. The summed E-state index contributed by atoms with van der Waals surface area (Å²) in [6.45, 7) is 0. The highest BCUT2D eigenvalue weighted by Gasteiger charge is 2.17. The second-order valence-corrected chi connectivity index (χ2v) is 8.26. The minimum Gasteiger partial charge on any atom is -0.326 e. The Morgan fingerprint density at radius 1 is 0.720 bits per heavy atom. The molecule has 0 radical (unpaired) electrons. The van der Waals surface area contributed by atoms with E-state index in [4.69, 9.17) is 0 Å². The average molecular weight is 366 g/mol. The Hall–Kier alpha value is -2.17.